The number of pyridine rings is 1. The van der Waals surface area contributed by atoms with E-state index < -0.39 is 0 Å². The topological polar surface area (TPSA) is 70.7 Å². The molecule has 0 saturated heterocycles. The Hall–Kier alpha value is -2.95. The van der Waals surface area contributed by atoms with Crippen LogP contribution in [0.25, 0.3) is 22.6 Å². The molecule has 23 heavy (non-hydrogen) atoms. The fourth-order valence-electron chi connectivity index (χ4n) is 2.58. The van der Waals surface area contributed by atoms with Crippen LogP contribution in [0, 0.1) is 13.8 Å². The molecule has 3 aromatic rings. The summed E-state index contributed by atoms with van der Waals surface area (Å²) in [6.07, 6.45) is 3.55. The van der Waals surface area contributed by atoms with Crippen molar-refractivity contribution in [1.82, 2.24) is 15.0 Å². The van der Waals surface area contributed by atoms with Crippen LogP contribution < -0.4 is 5.32 Å². The van der Waals surface area contributed by atoms with E-state index in [1.54, 1.807) is 12.4 Å². The van der Waals surface area contributed by atoms with Gasteiger partial charge in [0.2, 0.25) is 5.91 Å². The number of anilines is 1. The molecule has 0 bridgehead atoms. The van der Waals surface area contributed by atoms with Crippen LogP contribution in [-0.4, -0.2) is 20.9 Å². The quantitative estimate of drug-likeness (QED) is 0.775. The number of amides is 1. The summed E-state index contributed by atoms with van der Waals surface area (Å²) in [5, 5.41) is 2.79. The lowest BCUT2D eigenvalue weighted by molar-refractivity contribution is -0.114. The van der Waals surface area contributed by atoms with Gasteiger partial charge in [0.15, 0.2) is 0 Å². The molecule has 0 spiro atoms. The fourth-order valence-corrected chi connectivity index (χ4v) is 2.58. The van der Waals surface area contributed by atoms with Gasteiger partial charge in [0.1, 0.15) is 5.82 Å². The molecular formula is C18H18N4O. The summed E-state index contributed by atoms with van der Waals surface area (Å²) in [6, 6.07) is 9.68. The molecule has 3 rings (SSSR count). The largest absolute Gasteiger partial charge is 0.342 e. The molecule has 0 unspecified atom stereocenters. The first-order valence-electron chi connectivity index (χ1n) is 7.40. The second-order valence-electron chi connectivity index (χ2n) is 5.51. The zero-order valence-electron chi connectivity index (χ0n) is 13.3. The first kappa shape index (κ1) is 15.0. The number of hydrogen-bond donors (Lipinski definition) is 2. The number of benzene rings is 1. The predicted molar refractivity (Wildman–Crippen MR) is 91.0 cm³/mol. The number of nitrogens with one attached hydrogen (secondary N) is 2. The van der Waals surface area contributed by atoms with Crippen molar-refractivity contribution in [2.75, 3.05) is 5.32 Å². The minimum atomic E-state index is -0.0788. The molecule has 0 aliphatic rings. The first-order valence-corrected chi connectivity index (χ1v) is 7.40. The average molecular weight is 306 g/mol. The van der Waals surface area contributed by atoms with Crippen LogP contribution in [0.4, 0.5) is 5.69 Å². The van der Waals surface area contributed by atoms with Crippen molar-refractivity contribution in [1.29, 1.82) is 0 Å². The number of carbonyl (C=O) groups is 1. The van der Waals surface area contributed by atoms with E-state index in [1.807, 2.05) is 44.2 Å². The van der Waals surface area contributed by atoms with Gasteiger partial charge in [-0.1, -0.05) is 0 Å². The fraction of sp³-hybridized carbons (Fsp3) is 0.167. The number of nitrogens with zero attached hydrogens (tertiary/aromatic N) is 2. The highest BCUT2D eigenvalue weighted by Crippen LogP contribution is 2.28. The molecule has 116 valence electrons. The van der Waals surface area contributed by atoms with E-state index in [9.17, 15) is 4.79 Å². The van der Waals surface area contributed by atoms with Crippen molar-refractivity contribution < 1.29 is 4.79 Å². The SMILES string of the molecule is CC(=O)Nc1ccc(-c2nc(-c3cccnc3)c(C)[nH]2)c(C)c1. The molecule has 0 radical (unpaired) electrons. The van der Waals surface area contributed by atoms with E-state index in [-0.39, 0.29) is 5.91 Å². The highest BCUT2D eigenvalue weighted by molar-refractivity contribution is 5.89. The van der Waals surface area contributed by atoms with Crippen molar-refractivity contribution in [3.63, 3.8) is 0 Å². The molecule has 5 heteroatoms. The standard InChI is InChI=1S/C18H18N4O/c1-11-9-15(21-13(3)23)6-7-16(11)18-20-12(2)17(22-18)14-5-4-8-19-10-14/h4-10H,1-3H3,(H,20,22)(H,21,23). The Balaban J connectivity index is 1.98. The van der Waals surface area contributed by atoms with Gasteiger partial charge in [0.25, 0.3) is 0 Å². The Bertz CT molecular complexity index is 853. The van der Waals surface area contributed by atoms with Crippen LogP contribution in [0.3, 0.4) is 0 Å². The van der Waals surface area contributed by atoms with Crippen LogP contribution >= 0.6 is 0 Å². The third-order valence-electron chi connectivity index (χ3n) is 3.62. The zero-order valence-corrected chi connectivity index (χ0v) is 13.3. The van der Waals surface area contributed by atoms with Gasteiger partial charge < -0.3 is 10.3 Å². The Morgan fingerprint density at radius 1 is 1.22 bits per heavy atom. The van der Waals surface area contributed by atoms with Crippen LogP contribution in [0.1, 0.15) is 18.2 Å². The van der Waals surface area contributed by atoms with Crippen molar-refractivity contribution in [2.24, 2.45) is 0 Å². The third kappa shape index (κ3) is 3.13. The van der Waals surface area contributed by atoms with Crippen molar-refractivity contribution in [3.8, 4) is 22.6 Å². The average Bonchev–Trinajstić information content (AvgIpc) is 2.89. The maximum absolute atomic E-state index is 11.1. The smallest absolute Gasteiger partial charge is 0.221 e. The summed E-state index contributed by atoms with van der Waals surface area (Å²) in [6.45, 7) is 5.50. The number of hydrogen-bond acceptors (Lipinski definition) is 3. The van der Waals surface area contributed by atoms with Gasteiger partial charge in [0, 0.05) is 41.8 Å². The molecule has 2 aromatic heterocycles. The molecule has 1 amide bonds. The number of aromatic nitrogens is 3. The maximum Gasteiger partial charge on any atom is 0.221 e. The van der Waals surface area contributed by atoms with Gasteiger partial charge in [-0.3, -0.25) is 9.78 Å². The summed E-state index contributed by atoms with van der Waals surface area (Å²) >= 11 is 0. The molecule has 0 fully saturated rings. The van der Waals surface area contributed by atoms with E-state index in [0.29, 0.717) is 0 Å². The summed E-state index contributed by atoms with van der Waals surface area (Å²) < 4.78 is 0. The Kier molecular flexibility index (Phi) is 3.93. The first-order chi connectivity index (χ1) is 11.0. The second kappa shape index (κ2) is 6.04. The van der Waals surface area contributed by atoms with E-state index in [0.717, 1.165) is 39.6 Å². The van der Waals surface area contributed by atoms with Gasteiger partial charge in [-0.2, -0.15) is 0 Å². The number of carbonyl (C=O) groups excluding carboxylic acids is 1. The molecule has 1 aromatic carbocycles. The number of rotatable bonds is 3. The lowest BCUT2D eigenvalue weighted by atomic mass is 10.1. The predicted octanol–water partition coefficient (Wildman–Crippen LogP) is 3.71. The molecular weight excluding hydrogens is 288 g/mol. The number of aryl methyl sites for hydroxylation is 2. The lowest BCUT2D eigenvalue weighted by Gasteiger charge is -2.07. The Morgan fingerprint density at radius 3 is 2.70 bits per heavy atom. The summed E-state index contributed by atoms with van der Waals surface area (Å²) in [7, 11) is 0. The van der Waals surface area contributed by atoms with Crippen LogP contribution in [0.2, 0.25) is 0 Å². The number of H-pyrrole nitrogens is 1. The third-order valence-corrected chi connectivity index (χ3v) is 3.62. The van der Waals surface area contributed by atoms with E-state index in [2.05, 4.69) is 15.3 Å². The van der Waals surface area contributed by atoms with Gasteiger partial charge in [-0.25, -0.2) is 4.98 Å². The second-order valence-corrected chi connectivity index (χ2v) is 5.51. The lowest BCUT2D eigenvalue weighted by Crippen LogP contribution is -2.05. The van der Waals surface area contributed by atoms with E-state index >= 15 is 0 Å². The normalized spacial score (nSPS) is 10.6. The highest BCUT2D eigenvalue weighted by atomic mass is 16.1. The van der Waals surface area contributed by atoms with Crippen LogP contribution in [-0.2, 0) is 4.79 Å². The highest BCUT2D eigenvalue weighted by Gasteiger charge is 2.12. The number of aromatic amines is 1. The van der Waals surface area contributed by atoms with Crippen LogP contribution in [0.15, 0.2) is 42.7 Å². The molecule has 0 atom stereocenters. The molecule has 0 saturated carbocycles. The van der Waals surface area contributed by atoms with Gasteiger partial charge in [0.05, 0.1) is 5.69 Å². The van der Waals surface area contributed by atoms with Gasteiger partial charge in [-0.15, -0.1) is 0 Å². The summed E-state index contributed by atoms with van der Waals surface area (Å²) in [5.41, 5.74) is 5.73. The monoisotopic (exact) mass is 306 g/mol. The Morgan fingerprint density at radius 2 is 2.04 bits per heavy atom. The minimum Gasteiger partial charge on any atom is -0.342 e. The van der Waals surface area contributed by atoms with Gasteiger partial charge >= 0.3 is 0 Å². The molecule has 2 heterocycles. The van der Waals surface area contributed by atoms with Crippen molar-refractivity contribution >= 4 is 11.6 Å². The minimum absolute atomic E-state index is 0.0788. The molecule has 2 N–H and O–H groups in total. The number of imidazole rings is 1. The van der Waals surface area contributed by atoms with Crippen molar-refractivity contribution in [2.45, 2.75) is 20.8 Å². The maximum atomic E-state index is 11.1. The molecule has 0 aliphatic carbocycles. The Labute approximate surface area is 134 Å². The van der Waals surface area contributed by atoms with Crippen LogP contribution in [0.5, 0.6) is 0 Å². The summed E-state index contributed by atoms with van der Waals surface area (Å²) in [5.74, 6) is 0.734. The molecule has 5 nitrogen and oxygen atoms in total. The van der Waals surface area contributed by atoms with Crippen molar-refractivity contribution in [3.05, 3.63) is 54.0 Å². The van der Waals surface area contributed by atoms with Gasteiger partial charge in [-0.05, 0) is 49.7 Å². The summed E-state index contributed by atoms with van der Waals surface area (Å²) in [4.78, 5) is 23.3. The van der Waals surface area contributed by atoms with E-state index in [1.165, 1.54) is 6.92 Å². The zero-order chi connectivity index (χ0) is 16.4. The van der Waals surface area contributed by atoms with E-state index in [4.69, 9.17) is 4.98 Å². The molecule has 0 aliphatic heterocycles.